The van der Waals surface area contributed by atoms with Gasteiger partial charge in [0.1, 0.15) is 0 Å². The molecule has 0 radical (unpaired) electrons. The van der Waals surface area contributed by atoms with Crippen LogP contribution in [0.15, 0.2) is 24.3 Å². The van der Waals surface area contributed by atoms with Crippen molar-refractivity contribution in [2.24, 2.45) is 0 Å². The van der Waals surface area contributed by atoms with E-state index in [0.717, 1.165) is 31.6 Å². The van der Waals surface area contributed by atoms with E-state index in [1.54, 1.807) is 0 Å². The zero-order valence-electron chi connectivity index (χ0n) is 9.86. The van der Waals surface area contributed by atoms with Crippen molar-refractivity contribution in [2.45, 2.75) is 25.6 Å². The van der Waals surface area contributed by atoms with E-state index in [1.165, 1.54) is 5.56 Å². The zero-order chi connectivity index (χ0) is 11.4. The number of ether oxygens (including phenoxy) is 1. The third kappa shape index (κ3) is 3.22. The zero-order valence-corrected chi connectivity index (χ0v) is 9.86. The van der Waals surface area contributed by atoms with Crippen molar-refractivity contribution in [3.63, 3.8) is 0 Å². The van der Waals surface area contributed by atoms with Crippen molar-refractivity contribution < 1.29 is 4.74 Å². The molecule has 0 atom stereocenters. The molecule has 0 saturated carbocycles. The Balaban J connectivity index is 1.79. The highest BCUT2D eigenvalue weighted by Crippen LogP contribution is 2.15. The fourth-order valence-electron chi connectivity index (χ4n) is 2.05. The minimum Gasteiger partial charge on any atom is -0.399 e. The molecule has 0 amide bonds. The number of rotatable bonds is 3. The first-order chi connectivity index (χ1) is 7.74. The van der Waals surface area contributed by atoms with Gasteiger partial charge in [-0.3, -0.25) is 0 Å². The molecule has 3 heteroatoms. The standard InChI is InChI=1S/C13H20N2O/c1-15-7-5-13(6-8-15)16-10-11-3-2-4-12(14)9-11/h2-4,9,13H,5-8,10,14H2,1H3. The number of piperidine rings is 1. The van der Waals surface area contributed by atoms with Gasteiger partial charge in [-0.1, -0.05) is 12.1 Å². The Bertz CT molecular complexity index is 332. The van der Waals surface area contributed by atoms with E-state index in [-0.39, 0.29) is 0 Å². The summed E-state index contributed by atoms with van der Waals surface area (Å²) in [6.07, 6.45) is 2.69. The van der Waals surface area contributed by atoms with Crippen molar-refractivity contribution in [3.05, 3.63) is 29.8 Å². The van der Waals surface area contributed by atoms with Gasteiger partial charge in [0.25, 0.3) is 0 Å². The Morgan fingerprint density at radius 2 is 2.12 bits per heavy atom. The van der Waals surface area contributed by atoms with Crippen LogP contribution in [0.5, 0.6) is 0 Å². The number of likely N-dealkylation sites (tertiary alicyclic amines) is 1. The third-order valence-electron chi connectivity index (χ3n) is 3.10. The maximum absolute atomic E-state index is 5.89. The molecule has 1 fully saturated rings. The molecule has 3 nitrogen and oxygen atoms in total. The second-order valence-corrected chi connectivity index (χ2v) is 4.56. The fourth-order valence-corrected chi connectivity index (χ4v) is 2.05. The van der Waals surface area contributed by atoms with E-state index in [0.29, 0.717) is 12.7 Å². The first-order valence-corrected chi connectivity index (χ1v) is 5.88. The van der Waals surface area contributed by atoms with Crippen molar-refractivity contribution in [1.82, 2.24) is 4.90 Å². The number of hydrogen-bond donors (Lipinski definition) is 1. The molecule has 16 heavy (non-hydrogen) atoms. The highest BCUT2D eigenvalue weighted by atomic mass is 16.5. The Morgan fingerprint density at radius 1 is 1.38 bits per heavy atom. The lowest BCUT2D eigenvalue weighted by Crippen LogP contribution is -2.34. The molecule has 1 aliphatic rings. The van der Waals surface area contributed by atoms with Gasteiger partial charge in [0.05, 0.1) is 12.7 Å². The van der Waals surface area contributed by atoms with Crippen LogP contribution in [-0.2, 0) is 11.3 Å². The van der Waals surface area contributed by atoms with Gasteiger partial charge in [0.2, 0.25) is 0 Å². The second kappa shape index (κ2) is 5.32. The predicted molar refractivity (Wildman–Crippen MR) is 66.2 cm³/mol. The molecular formula is C13H20N2O. The van der Waals surface area contributed by atoms with Gasteiger partial charge in [-0.05, 0) is 37.6 Å². The number of nitrogens with two attached hydrogens (primary N) is 1. The predicted octanol–water partition coefficient (Wildman–Crippen LogP) is 1.88. The Morgan fingerprint density at radius 3 is 2.81 bits per heavy atom. The summed E-state index contributed by atoms with van der Waals surface area (Å²) in [5.74, 6) is 0. The summed E-state index contributed by atoms with van der Waals surface area (Å²) < 4.78 is 5.89. The number of nitrogen functional groups attached to an aromatic ring is 1. The van der Waals surface area contributed by atoms with Crippen LogP contribution in [0.3, 0.4) is 0 Å². The Hall–Kier alpha value is -1.06. The fraction of sp³-hybridized carbons (Fsp3) is 0.538. The first-order valence-electron chi connectivity index (χ1n) is 5.88. The van der Waals surface area contributed by atoms with Crippen molar-refractivity contribution in [1.29, 1.82) is 0 Å². The van der Waals surface area contributed by atoms with E-state index in [9.17, 15) is 0 Å². The van der Waals surface area contributed by atoms with E-state index in [4.69, 9.17) is 10.5 Å². The van der Waals surface area contributed by atoms with Gasteiger partial charge in [0.15, 0.2) is 0 Å². The highest BCUT2D eigenvalue weighted by molar-refractivity contribution is 5.40. The van der Waals surface area contributed by atoms with Gasteiger partial charge in [-0.2, -0.15) is 0 Å². The molecular weight excluding hydrogens is 200 g/mol. The molecule has 1 aliphatic heterocycles. The minimum absolute atomic E-state index is 0.414. The molecule has 1 saturated heterocycles. The lowest BCUT2D eigenvalue weighted by Gasteiger charge is -2.28. The van der Waals surface area contributed by atoms with Crippen LogP contribution in [0.2, 0.25) is 0 Å². The molecule has 0 aliphatic carbocycles. The Kier molecular flexibility index (Phi) is 3.80. The van der Waals surface area contributed by atoms with Crippen LogP contribution in [0, 0.1) is 0 Å². The van der Waals surface area contributed by atoms with E-state index in [1.807, 2.05) is 18.2 Å². The summed E-state index contributed by atoms with van der Waals surface area (Å²) in [4.78, 5) is 2.35. The molecule has 0 unspecified atom stereocenters. The minimum atomic E-state index is 0.414. The number of hydrogen-bond acceptors (Lipinski definition) is 3. The molecule has 88 valence electrons. The van der Waals surface area contributed by atoms with Crippen LogP contribution in [-0.4, -0.2) is 31.1 Å². The van der Waals surface area contributed by atoms with Gasteiger partial charge in [-0.15, -0.1) is 0 Å². The van der Waals surface area contributed by atoms with Crippen LogP contribution < -0.4 is 5.73 Å². The third-order valence-corrected chi connectivity index (χ3v) is 3.10. The average molecular weight is 220 g/mol. The van der Waals surface area contributed by atoms with E-state index < -0.39 is 0 Å². The van der Waals surface area contributed by atoms with Crippen LogP contribution in [0.1, 0.15) is 18.4 Å². The molecule has 2 rings (SSSR count). The maximum atomic E-state index is 5.89. The lowest BCUT2D eigenvalue weighted by atomic mass is 10.1. The molecule has 1 aromatic rings. The molecule has 0 bridgehead atoms. The number of nitrogens with zero attached hydrogens (tertiary/aromatic N) is 1. The Labute approximate surface area is 97.2 Å². The van der Waals surface area contributed by atoms with Gasteiger partial charge < -0.3 is 15.4 Å². The van der Waals surface area contributed by atoms with Gasteiger partial charge in [-0.25, -0.2) is 0 Å². The van der Waals surface area contributed by atoms with Crippen LogP contribution in [0.4, 0.5) is 5.69 Å². The molecule has 1 aromatic carbocycles. The van der Waals surface area contributed by atoms with Crippen molar-refractivity contribution >= 4 is 5.69 Å². The van der Waals surface area contributed by atoms with E-state index >= 15 is 0 Å². The quantitative estimate of drug-likeness (QED) is 0.790. The normalized spacial score (nSPS) is 18.8. The average Bonchev–Trinajstić information content (AvgIpc) is 2.28. The number of benzene rings is 1. The summed E-state index contributed by atoms with van der Waals surface area (Å²) in [6.45, 7) is 2.96. The smallest absolute Gasteiger partial charge is 0.0721 e. The van der Waals surface area contributed by atoms with Crippen molar-refractivity contribution in [3.8, 4) is 0 Å². The van der Waals surface area contributed by atoms with Crippen LogP contribution >= 0.6 is 0 Å². The molecule has 2 N–H and O–H groups in total. The maximum Gasteiger partial charge on any atom is 0.0721 e. The van der Waals surface area contributed by atoms with Crippen molar-refractivity contribution in [2.75, 3.05) is 25.9 Å². The summed E-state index contributed by atoms with van der Waals surface area (Å²) in [5, 5.41) is 0. The SMILES string of the molecule is CN1CCC(OCc2cccc(N)c2)CC1. The van der Waals surface area contributed by atoms with Gasteiger partial charge in [0, 0.05) is 18.8 Å². The monoisotopic (exact) mass is 220 g/mol. The van der Waals surface area contributed by atoms with Crippen LogP contribution in [0.25, 0.3) is 0 Å². The second-order valence-electron chi connectivity index (χ2n) is 4.56. The van der Waals surface area contributed by atoms with Gasteiger partial charge >= 0.3 is 0 Å². The highest BCUT2D eigenvalue weighted by Gasteiger charge is 2.16. The van der Waals surface area contributed by atoms with E-state index in [2.05, 4.69) is 18.0 Å². The topological polar surface area (TPSA) is 38.5 Å². The molecule has 0 aromatic heterocycles. The lowest BCUT2D eigenvalue weighted by molar-refractivity contribution is 0.00215. The summed E-state index contributed by atoms with van der Waals surface area (Å²) in [7, 11) is 2.16. The summed E-state index contributed by atoms with van der Waals surface area (Å²) in [6, 6.07) is 7.92. The first kappa shape index (κ1) is 11.4. The molecule has 1 heterocycles. The molecule has 0 spiro atoms. The largest absolute Gasteiger partial charge is 0.399 e. The number of anilines is 1. The summed E-state index contributed by atoms with van der Waals surface area (Å²) >= 11 is 0. The summed E-state index contributed by atoms with van der Waals surface area (Å²) in [5.41, 5.74) is 7.70.